The maximum absolute atomic E-state index is 11.6. The van der Waals surface area contributed by atoms with E-state index in [1.807, 2.05) is 30.3 Å². The van der Waals surface area contributed by atoms with Crippen molar-refractivity contribution in [3.8, 4) is 0 Å². The van der Waals surface area contributed by atoms with Crippen molar-refractivity contribution < 1.29 is 8.42 Å². The Labute approximate surface area is 144 Å². The highest BCUT2D eigenvalue weighted by Gasteiger charge is 2.32. The number of fused-ring (bicyclic) bond motifs is 1. The first-order valence-electron chi connectivity index (χ1n) is 7.04. The summed E-state index contributed by atoms with van der Waals surface area (Å²) in [5, 5.41) is 6.49. The van der Waals surface area contributed by atoms with Crippen LogP contribution in [0.2, 0.25) is 0 Å². The lowest BCUT2D eigenvalue weighted by Crippen LogP contribution is -2.49. The van der Waals surface area contributed by atoms with Gasteiger partial charge in [0.25, 0.3) is 0 Å². The summed E-state index contributed by atoms with van der Waals surface area (Å²) in [6, 6.07) is 6.87. The van der Waals surface area contributed by atoms with E-state index in [-0.39, 0.29) is 6.17 Å². The number of benzene rings is 1. The second-order valence-electron chi connectivity index (χ2n) is 5.45. The summed E-state index contributed by atoms with van der Waals surface area (Å²) in [5.74, 6) is 0.783. The summed E-state index contributed by atoms with van der Waals surface area (Å²) in [4.78, 5) is 6.95. The number of aliphatic imine (C=N–C) groups is 1. The van der Waals surface area contributed by atoms with Gasteiger partial charge in [-0.25, -0.2) is 8.42 Å². The molecule has 3 rings (SSSR count). The van der Waals surface area contributed by atoms with E-state index >= 15 is 0 Å². The molecule has 2 heterocycles. The molecule has 0 aromatic heterocycles. The van der Waals surface area contributed by atoms with Crippen molar-refractivity contribution in [2.45, 2.75) is 24.5 Å². The molecule has 122 valence electrons. The van der Waals surface area contributed by atoms with Crippen molar-refractivity contribution in [3.63, 3.8) is 0 Å². The van der Waals surface area contributed by atoms with Gasteiger partial charge in [0.1, 0.15) is 10.4 Å². The van der Waals surface area contributed by atoms with Crippen LogP contribution < -0.4 is 10.6 Å². The number of allylic oxidation sites excluding steroid dienone is 1. The molecule has 1 aromatic rings. The molecule has 23 heavy (non-hydrogen) atoms. The van der Waals surface area contributed by atoms with Crippen LogP contribution in [0.1, 0.15) is 12.5 Å². The Morgan fingerprint density at radius 2 is 2.17 bits per heavy atom. The molecule has 2 aliphatic heterocycles. The average molecular weight is 397 g/mol. The van der Waals surface area contributed by atoms with Crippen molar-refractivity contribution in [1.82, 2.24) is 15.5 Å². The summed E-state index contributed by atoms with van der Waals surface area (Å²) in [6.45, 7) is 2.39. The van der Waals surface area contributed by atoms with Gasteiger partial charge in [0, 0.05) is 24.4 Å². The molecule has 0 saturated carbocycles. The van der Waals surface area contributed by atoms with Crippen LogP contribution in [-0.4, -0.2) is 31.6 Å². The number of halogens is 1. The van der Waals surface area contributed by atoms with Crippen molar-refractivity contribution in [3.05, 3.63) is 52.5 Å². The van der Waals surface area contributed by atoms with E-state index in [2.05, 4.69) is 31.6 Å². The summed E-state index contributed by atoms with van der Waals surface area (Å²) >= 11 is 3.54. The summed E-state index contributed by atoms with van der Waals surface area (Å²) in [6.07, 6.45) is 4.89. The first-order chi connectivity index (χ1) is 10.9. The van der Waals surface area contributed by atoms with E-state index in [1.165, 1.54) is 6.26 Å². The largest absolute Gasteiger partial charge is 0.360 e. The van der Waals surface area contributed by atoms with Crippen molar-refractivity contribution in [2.24, 2.45) is 4.99 Å². The maximum Gasteiger partial charge on any atom is 0.175 e. The van der Waals surface area contributed by atoms with Crippen LogP contribution in [0, 0.1) is 0 Å². The van der Waals surface area contributed by atoms with E-state index < -0.39 is 9.84 Å². The number of hydrogen-bond donors (Lipinski definition) is 2. The maximum atomic E-state index is 11.6. The third-order valence-corrected chi connectivity index (χ3v) is 5.77. The highest BCUT2D eigenvalue weighted by atomic mass is 79.9. The Hall–Kier alpha value is -1.80. The van der Waals surface area contributed by atoms with Gasteiger partial charge in [-0.2, -0.15) is 0 Å². The normalized spacial score (nSPS) is 22.1. The summed E-state index contributed by atoms with van der Waals surface area (Å²) in [7, 11) is -3.21. The second-order valence-corrected chi connectivity index (χ2v) is 8.22. The van der Waals surface area contributed by atoms with Gasteiger partial charge in [-0.1, -0.05) is 12.1 Å². The Morgan fingerprint density at radius 3 is 2.91 bits per heavy atom. The van der Waals surface area contributed by atoms with Gasteiger partial charge in [-0.15, -0.1) is 0 Å². The van der Waals surface area contributed by atoms with Gasteiger partial charge in [0.05, 0.1) is 11.4 Å². The van der Waals surface area contributed by atoms with Crippen LogP contribution in [-0.2, 0) is 16.4 Å². The molecule has 2 N–H and O–H groups in total. The summed E-state index contributed by atoms with van der Waals surface area (Å²) < 4.78 is 24.2. The van der Waals surface area contributed by atoms with Gasteiger partial charge >= 0.3 is 0 Å². The minimum absolute atomic E-state index is 0.0764. The van der Waals surface area contributed by atoms with Crippen LogP contribution in [0.4, 0.5) is 0 Å². The van der Waals surface area contributed by atoms with E-state index in [9.17, 15) is 8.42 Å². The van der Waals surface area contributed by atoms with Gasteiger partial charge in [-0.3, -0.25) is 4.99 Å². The van der Waals surface area contributed by atoms with Gasteiger partial charge in [-0.05, 0) is 40.5 Å². The molecule has 2 aliphatic rings. The quantitative estimate of drug-likeness (QED) is 0.762. The van der Waals surface area contributed by atoms with Crippen LogP contribution in [0.3, 0.4) is 0 Å². The summed E-state index contributed by atoms with van der Waals surface area (Å²) in [5.41, 5.74) is 1.89. The SMILES string of the molecule is CC1=C(Br)N2C=CNC(=NCc3cccc(S(C)(=O)=O)c3)C2N1. The van der Waals surface area contributed by atoms with Crippen LogP contribution in [0.25, 0.3) is 0 Å². The topological polar surface area (TPSA) is 73.8 Å². The number of nitrogens with zero attached hydrogens (tertiary/aromatic N) is 2. The zero-order chi connectivity index (χ0) is 16.6. The van der Waals surface area contributed by atoms with Crippen molar-refractivity contribution >= 4 is 31.6 Å². The molecule has 8 heteroatoms. The van der Waals surface area contributed by atoms with E-state index in [0.29, 0.717) is 11.4 Å². The van der Waals surface area contributed by atoms with Gasteiger partial charge in [0.15, 0.2) is 16.0 Å². The molecule has 0 radical (unpaired) electrons. The third kappa shape index (κ3) is 3.28. The lowest BCUT2D eigenvalue weighted by molar-refractivity contribution is 0.427. The third-order valence-electron chi connectivity index (χ3n) is 3.65. The van der Waals surface area contributed by atoms with E-state index in [4.69, 9.17) is 0 Å². The lowest BCUT2D eigenvalue weighted by Gasteiger charge is -2.28. The smallest absolute Gasteiger partial charge is 0.175 e. The average Bonchev–Trinajstić information content (AvgIpc) is 2.80. The first-order valence-corrected chi connectivity index (χ1v) is 9.72. The minimum atomic E-state index is -3.21. The number of rotatable bonds is 3. The molecular weight excluding hydrogens is 380 g/mol. The molecule has 0 spiro atoms. The van der Waals surface area contributed by atoms with Crippen molar-refractivity contribution in [2.75, 3.05) is 6.26 Å². The monoisotopic (exact) mass is 396 g/mol. The molecular formula is C15H17BrN4O2S. The zero-order valence-electron chi connectivity index (χ0n) is 12.7. The zero-order valence-corrected chi connectivity index (χ0v) is 15.1. The molecule has 0 aliphatic carbocycles. The predicted octanol–water partition coefficient (Wildman–Crippen LogP) is 1.88. The van der Waals surface area contributed by atoms with Crippen LogP contribution in [0.15, 0.2) is 56.9 Å². The minimum Gasteiger partial charge on any atom is -0.360 e. The molecule has 6 nitrogen and oxygen atoms in total. The first kappa shape index (κ1) is 16.1. The van der Waals surface area contributed by atoms with E-state index in [0.717, 1.165) is 21.7 Å². The lowest BCUT2D eigenvalue weighted by atomic mass is 10.2. The van der Waals surface area contributed by atoms with Crippen molar-refractivity contribution in [1.29, 1.82) is 0 Å². The molecule has 1 aromatic carbocycles. The fourth-order valence-electron chi connectivity index (χ4n) is 2.46. The van der Waals surface area contributed by atoms with Gasteiger partial charge < -0.3 is 15.5 Å². The van der Waals surface area contributed by atoms with Crippen LogP contribution in [0.5, 0.6) is 0 Å². The Bertz CT molecular complexity index is 830. The van der Waals surface area contributed by atoms with Gasteiger partial charge in [0.2, 0.25) is 0 Å². The number of nitrogens with one attached hydrogen (secondary N) is 2. The van der Waals surface area contributed by atoms with Crippen LogP contribution >= 0.6 is 15.9 Å². The standard InChI is InChI=1S/C15H17BrN4O2S/c1-10-13(16)20-7-6-17-14(15(20)19-10)18-9-11-4-3-5-12(8-11)23(2,21)22/h3-8,15,19H,9H2,1-2H3,(H,17,18). The molecule has 0 fully saturated rings. The molecule has 0 amide bonds. The highest BCUT2D eigenvalue weighted by molar-refractivity contribution is 9.11. The predicted molar refractivity (Wildman–Crippen MR) is 93.4 cm³/mol. The number of sulfone groups is 1. The molecule has 0 saturated heterocycles. The fourth-order valence-corrected chi connectivity index (χ4v) is 3.59. The fraction of sp³-hybridized carbons (Fsp3) is 0.267. The molecule has 0 bridgehead atoms. The number of hydrogen-bond acceptors (Lipinski definition) is 5. The highest BCUT2D eigenvalue weighted by Crippen LogP contribution is 2.27. The Morgan fingerprint density at radius 1 is 1.39 bits per heavy atom. The second kappa shape index (κ2) is 6.01. The Balaban J connectivity index is 1.80. The number of amidine groups is 1. The Kier molecular flexibility index (Phi) is 4.20. The van der Waals surface area contributed by atoms with E-state index in [1.54, 1.807) is 18.2 Å². The molecule has 1 atom stereocenters. The molecule has 1 unspecified atom stereocenters.